The maximum absolute atomic E-state index is 12.4. The first-order valence-corrected chi connectivity index (χ1v) is 7.69. The van der Waals surface area contributed by atoms with Gasteiger partial charge in [0, 0.05) is 32.1 Å². The van der Waals surface area contributed by atoms with Crippen molar-refractivity contribution in [1.82, 2.24) is 14.7 Å². The van der Waals surface area contributed by atoms with Gasteiger partial charge in [-0.15, -0.1) is 0 Å². The maximum Gasteiger partial charge on any atom is 0.274 e. The molecule has 0 bridgehead atoms. The molecule has 2 fully saturated rings. The SMILES string of the molecule is CC1CCN(C(=O)c2cc(NC(=O)C3CC3)n(C)n2)CC1. The zero-order valence-electron chi connectivity index (χ0n) is 12.6. The van der Waals surface area contributed by atoms with Crippen LogP contribution in [0.3, 0.4) is 0 Å². The fraction of sp³-hybridized carbons (Fsp3) is 0.667. The minimum Gasteiger partial charge on any atom is -0.337 e. The van der Waals surface area contributed by atoms with Crippen molar-refractivity contribution >= 4 is 17.6 Å². The molecule has 1 N–H and O–H groups in total. The summed E-state index contributed by atoms with van der Waals surface area (Å²) in [5, 5.41) is 7.10. The summed E-state index contributed by atoms with van der Waals surface area (Å²) < 4.78 is 1.57. The molecule has 1 aliphatic heterocycles. The summed E-state index contributed by atoms with van der Waals surface area (Å²) in [6, 6.07) is 1.68. The molecule has 21 heavy (non-hydrogen) atoms. The zero-order chi connectivity index (χ0) is 15.0. The Bertz CT molecular complexity index is 554. The summed E-state index contributed by atoms with van der Waals surface area (Å²) in [5.41, 5.74) is 0.415. The van der Waals surface area contributed by atoms with Crippen molar-refractivity contribution < 1.29 is 9.59 Å². The third-order valence-electron chi connectivity index (χ3n) is 4.37. The second kappa shape index (κ2) is 5.50. The van der Waals surface area contributed by atoms with Crippen molar-refractivity contribution in [2.75, 3.05) is 18.4 Å². The Kier molecular flexibility index (Phi) is 3.69. The van der Waals surface area contributed by atoms with Gasteiger partial charge in [0.15, 0.2) is 5.69 Å². The average molecular weight is 290 g/mol. The minimum atomic E-state index is -0.0376. The van der Waals surface area contributed by atoms with Gasteiger partial charge in [-0.25, -0.2) is 0 Å². The van der Waals surface area contributed by atoms with Crippen molar-refractivity contribution in [3.63, 3.8) is 0 Å². The number of likely N-dealkylation sites (tertiary alicyclic amines) is 1. The van der Waals surface area contributed by atoms with Crippen LogP contribution in [0, 0.1) is 11.8 Å². The predicted octanol–water partition coefficient (Wildman–Crippen LogP) is 1.64. The van der Waals surface area contributed by atoms with Crippen LogP contribution in [-0.4, -0.2) is 39.6 Å². The van der Waals surface area contributed by atoms with Crippen LogP contribution in [0.2, 0.25) is 0 Å². The van der Waals surface area contributed by atoms with Gasteiger partial charge in [-0.05, 0) is 31.6 Å². The number of carbonyl (C=O) groups is 2. The van der Waals surface area contributed by atoms with Gasteiger partial charge in [-0.2, -0.15) is 5.10 Å². The van der Waals surface area contributed by atoms with E-state index in [9.17, 15) is 9.59 Å². The molecule has 2 heterocycles. The molecule has 6 heteroatoms. The summed E-state index contributed by atoms with van der Waals surface area (Å²) in [5.74, 6) is 1.42. The molecule has 3 rings (SSSR count). The van der Waals surface area contributed by atoms with Gasteiger partial charge in [-0.3, -0.25) is 14.3 Å². The normalized spacial score (nSPS) is 19.6. The lowest BCUT2D eigenvalue weighted by Crippen LogP contribution is -2.38. The Hall–Kier alpha value is -1.85. The second-order valence-electron chi connectivity index (χ2n) is 6.28. The van der Waals surface area contributed by atoms with Gasteiger partial charge in [0.25, 0.3) is 5.91 Å². The molecule has 2 aliphatic rings. The van der Waals surface area contributed by atoms with Crippen molar-refractivity contribution in [3.05, 3.63) is 11.8 Å². The minimum absolute atomic E-state index is 0.0313. The molecule has 0 radical (unpaired) electrons. The highest BCUT2D eigenvalue weighted by molar-refractivity contribution is 5.96. The van der Waals surface area contributed by atoms with E-state index in [1.165, 1.54) is 0 Å². The van der Waals surface area contributed by atoms with E-state index in [1.807, 2.05) is 4.90 Å². The summed E-state index contributed by atoms with van der Waals surface area (Å²) in [6.45, 7) is 3.80. The quantitative estimate of drug-likeness (QED) is 0.920. The average Bonchev–Trinajstić information content (AvgIpc) is 3.25. The van der Waals surface area contributed by atoms with Crippen LogP contribution in [0.15, 0.2) is 6.07 Å². The molecule has 1 saturated carbocycles. The van der Waals surface area contributed by atoms with Gasteiger partial charge in [0.1, 0.15) is 5.82 Å². The van der Waals surface area contributed by atoms with E-state index in [-0.39, 0.29) is 17.7 Å². The molecule has 0 spiro atoms. The van der Waals surface area contributed by atoms with E-state index in [1.54, 1.807) is 17.8 Å². The number of nitrogens with zero attached hydrogens (tertiary/aromatic N) is 3. The molecule has 0 atom stereocenters. The number of aryl methyl sites for hydroxylation is 1. The second-order valence-corrected chi connectivity index (χ2v) is 6.28. The Morgan fingerprint density at radius 3 is 2.52 bits per heavy atom. The molecule has 0 aromatic carbocycles. The van der Waals surface area contributed by atoms with Crippen LogP contribution >= 0.6 is 0 Å². The Balaban J connectivity index is 1.67. The van der Waals surface area contributed by atoms with Crippen molar-refractivity contribution in [1.29, 1.82) is 0 Å². The molecular weight excluding hydrogens is 268 g/mol. The molecule has 6 nitrogen and oxygen atoms in total. The van der Waals surface area contributed by atoms with E-state index in [4.69, 9.17) is 0 Å². The molecule has 114 valence electrons. The largest absolute Gasteiger partial charge is 0.337 e. The lowest BCUT2D eigenvalue weighted by atomic mass is 9.99. The van der Waals surface area contributed by atoms with E-state index in [0.29, 0.717) is 17.4 Å². The number of carbonyl (C=O) groups excluding carboxylic acids is 2. The lowest BCUT2D eigenvalue weighted by molar-refractivity contribution is -0.117. The highest BCUT2D eigenvalue weighted by Crippen LogP contribution is 2.30. The first kappa shape index (κ1) is 14.1. The van der Waals surface area contributed by atoms with Gasteiger partial charge in [0.05, 0.1) is 0 Å². The van der Waals surface area contributed by atoms with Crippen LogP contribution in [0.1, 0.15) is 43.1 Å². The highest BCUT2D eigenvalue weighted by atomic mass is 16.2. The summed E-state index contributed by atoms with van der Waals surface area (Å²) in [4.78, 5) is 26.1. The van der Waals surface area contributed by atoms with Crippen LogP contribution in [0.5, 0.6) is 0 Å². The molecule has 1 aliphatic carbocycles. The summed E-state index contributed by atoms with van der Waals surface area (Å²) in [6.07, 6.45) is 4.01. The van der Waals surface area contributed by atoms with Crippen LogP contribution in [0.25, 0.3) is 0 Å². The van der Waals surface area contributed by atoms with Gasteiger partial charge in [-0.1, -0.05) is 6.92 Å². The Morgan fingerprint density at radius 2 is 1.90 bits per heavy atom. The third-order valence-corrected chi connectivity index (χ3v) is 4.37. The number of anilines is 1. The number of hydrogen-bond acceptors (Lipinski definition) is 3. The van der Waals surface area contributed by atoms with Gasteiger partial charge in [0.2, 0.25) is 5.91 Å². The number of nitrogens with one attached hydrogen (secondary N) is 1. The van der Waals surface area contributed by atoms with Crippen molar-refractivity contribution in [2.45, 2.75) is 32.6 Å². The summed E-state index contributed by atoms with van der Waals surface area (Å²) >= 11 is 0. The fourth-order valence-corrected chi connectivity index (χ4v) is 2.64. The topological polar surface area (TPSA) is 67.2 Å². The van der Waals surface area contributed by atoms with E-state index >= 15 is 0 Å². The van der Waals surface area contributed by atoms with E-state index < -0.39 is 0 Å². The Labute approximate surface area is 124 Å². The van der Waals surface area contributed by atoms with E-state index in [0.717, 1.165) is 38.8 Å². The highest BCUT2D eigenvalue weighted by Gasteiger charge is 2.30. The number of hydrogen-bond donors (Lipinski definition) is 1. The molecular formula is C15H22N4O2. The first-order chi connectivity index (χ1) is 10.0. The third kappa shape index (κ3) is 3.09. The smallest absolute Gasteiger partial charge is 0.274 e. The number of piperidine rings is 1. The lowest BCUT2D eigenvalue weighted by Gasteiger charge is -2.29. The molecule has 1 aromatic rings. The maximum atomic E-state index is 12.4. The monoisotopic (exact) mass is 290 g/mol. The van der Waals surface area contributed by atoms with Gasteiger partial charge < -0.3 is 10.2 Å². The van der Waals surface area contributed by atoms with Crippen molar-refractivity contribution in [2.24, 2.45) is 18.9 Å². The predicted molar refractivity (Wildman–Crippen MR) is 78.9 cm³/mol. The van der Waals surface area contributed by atoms with Crippen molar-refractivity contribution in [3.8, 4) is 0 Å². The zero-order valence-corrected chi connectivity index (χ0v) is 12.6. The Morgan fingerprint density at radius 1 is 1.24 bits per heavy atom. The number of rotatable bonds is 3. The van der Waals surface area contributed by atoms with E-state index in [2.05, 4.69) is 17.3 Å². The molecule has 1 aromatic heterocycles. The molecule has 2 amide bonds. The van der Waals surface area contributed by atoms with Gasteiger partial charge >= 0.3 is 0 Å². The van der Waals surface area contributed by atoms with Crippen LogP contribution in [-0.2, 0) is 11.8 Å². The fourth-order valence-electron chi connectivity index (χ4n) is 2.64. The summed E-state index contributed by atoms with van der Waals surface area (Å²) in [7, 11) is 1.75. The standard InChI is InChI=1S/C15H22N4O2/c1-10-5-7-19(8-6-10)15(21)12-9-13(18(2)17-12)16-14(20)11-3-4-11/h9-11H,3-8H2,1-2H3,(H,16,20). The van der Waals surface area contributed by atoms with Crippen LogP contribution in [0.4, 0.5) is 5.82 Å². The molecule has 1 saturated heterocycles. The molecule has 0 unspecified atom stereocenters. The van der Waals surface area contributed by atoms with Crippen LogP contribution < -0.4 is 5.32 Å². The number of aromatic nitrogens is 2. The number of amides is 2. The first-order valence-electron chi connectivity index (χ1n) is 7.69.